The van der Waals surface area contributed by atoms with E-state index in [1.807, 2.05) is 0 Å². The van der Waals surface area contributed by atoms with Gasteiger partial charge in [0.1, 0.15) is 5.82 Å². The highest BCUT2D eigenvalue weighted by Crippen LogP contribution is 2.29. The molecular formula is C13H14F3N3. The SMILES string of the molecule is Cc1nc(CCN)cn1-c1ccc(C(F)(F)F)cc1. The lowest BCUT2D eigenvalue weighted by molar-refractivity contribution is -0.137. The van der Waals surface area contributed by atoms with Gasteiger partial charge in [0.15, 0.2) is 0 Å². The van der Waals surface area contributed by atoms with Crippen LogP contribution >= 0.6 is 0 Å². The van der Waals surface area contributed by atoms with Crippen molar-refractivity contribution in [2.24, 2.45) is 5.73 Å². The molecule has 0 spiro atoms. The van der Waals surface area contributed by atoms with Crippen molar-refractivity contribution in [1.29, 1.82) is 0 Å². The van der Waals surface area contributed by atoms with Gasteiger partial charge in [-0.15, -0.1) is 0 Å². The van der Waals surface area contributed by atoms with E-state index in [0.29, 0.717) is 18.7 Å². The number of nitrogens with zero attached hydrogens (tertiary/aromatic N) is 2. The predicted molar refractivity (Wildman–Crippen MR) is 66.1 cm³/mol. The van der Waals surface area contributed by atoms with Crippen LogP contribution in [0, 0.1) is 6.92 Å². The van der Waals surface area contributed by atoms with Gasteiger partial charge in [-0.1, -0.05) is 0 Å². The first-order chi connectivity index (χ1) is 8.91. The lowest BCUT2D eigenvalue weighted by atomic mass is 10.2. The quantitative estimate of drug-likeness (QED) is 0.931. The van der Waals surface area contributed by atoms with Crippen molar-refractivity contribution in [2.45, 2.75) is 19.5 Å². The molecule has 1 heterocycles. The number of halogens is 3. The van der Waals surface area contributed by atoms with Crippen LogP contribution in [-0.2, 0) is 12.6 Å². The summed E-state index contributed by atoms with van der Waals surface area (Å²) in [6.45, 7) is 2.29. The van der Waals surface area contributed by atoms with Crippen LogP contribution < -0.4 is 5.73 Å². The number of aromatic nitrogens is 2. The first-order valence-electron chi connectivity index (χ1n) is 5.84. The summed E-state index contributed by atoms with van der Waals surface area (Å²) >= 11 is 0. The van der Waals surface area contributed by atoms with Crippen molar-refractivity contribution in [2.75, 3.05) is 6.54 Å². The van der Waals surface area contributed by atoms with Gasteiger partial charge in [-0.2, -0.15) is 13.2 Å². The van der Waals surface area contributed by atoms with Crippen LogP contribution in [0.3, 0.4) is 0 Å². The zero-order chi connectivity index (χ0) is 14.0. The second-order valence-electron chi connectivity index (χ2n) is 4.23. The Balaban J connectivity index is 2.32. The molecule has 0 unspecified atom stereocenters. The van der Waals surface area contributed by atoms with E-state index in [9.17, 15) is 13.2 Å². The maximum absolute atomic E-state index is 12.5. The molecule has 0 saturated carbocycles. The minimum Gasteiger partial charge on any atom is -0.330 e. The Morgan fingerprint density at radius 2 is 1.84 bits per heavy atom. The number of aryl methyl sites for hydroxylation is 1. The van der Waals surface area contributed by atoms with Crippen molar-refractivity contribution in [1.82, 2.24) is 9.55 Å². The molecule has 0 saturated heterocycles. The van der Waals surface area contributed by atoms with E-state index in [2.05, 4.69) is 4.98 Å². The van der Waals surface area contributed by atoms with Gasteiger partial charge in [-0.05, 0) is 37.7 Å². The molecule has 0 bridgehead atoms. The standard InChI is InChI=1S/C13H14F3N3/c1-9-18-11(6-7-17)8-19(9)12-4-2-10(3-5-12)13(14,15)16/h2-5,8H,6-7,17H2,1H3. The molecule has 0 fully saturated rings. The molecule has 102 valence electrons. The van der Waals surface area contributed by atoms with Gasteiger partial charge < -0.3 is 10.3 Å². The molecule has 0 amide bonds. The van der Waals surface area contributed by atoms with E-state index >= 15 is 0 Å². The third-order valence-corrected chi connectivity index (χ3v) is 2.81. The number of hydrogen-bond acceptors (Lipinski definition) is 2. The highest BCUT2D eigenvalue weighted by Gasteiger charge is 2.30. The fourth-order valence-corrected chi connectivity index (χ4v) is 1.87. The number of imidazole rings is 1. The highest BCUT2D eigenvalue weighted by atomic mass is 19.4. The number of alkyl halides is 3. The third-order valence-electron chi connectivity index (χ3n) is 2.81. The molecule has 2 N–H and O–H groups in total. The Morgan fingerprint density at radius 3 is 2.37 bits per heavy atom. The smallest absolute Gasteiger partial charge is 0.330 e. The van der Waals surface area contributed by atoms with E-state index in [-0.39, 0.29) is 0 Å². The lowest BCUT2D eigenvalue weighted by Gasteiger charge is -2.09. The summed E-state index contributed by atoms with van der Waals surface area (Å²) in [4.78, 5) is 4.31. The zero-order valence-corrected chi connectivity index (χ0v) is 10.4. The lowest BCUT2D eigenvalue weighted by Crippen LogP contribution is -2.05. The van der Waals surface area contributed by atoms with Gasteiger partial charge in [0.25, 0.3) is 0 Å². The Hall–Kier alpha value is -1.82. The minimum atomic E-state index is -4.31. The normalized spacial score (nSPS) is 11.8. The van der Waals surface area contributed by atoms with Crippen LogP contribution in [0.1, 0.15) is 17.1 Å². The van der Waals surface area contributed by atoms with E-state index in [4.69, 9.17) is 5.73 Å². The van der Waals surface area contributed by atoms with Gasteiger partial charge in [-0.25, -0.2) is 4.98 Å². The van der Waals surface area contributed by atoms with Crippen LogP contribution in [-0.4, -0.2) is 16.1 Å². The van der Waals surface area contributed by atoms with Crippen LogP contribution in [0.2, 0.25) is 0 Å². The van der Waals surface area contributed by atoms with E-state index in [0.717, 1.165) is 23.7 Å². The van der Waals surface area contributed by atoms with Crippen molar-refractivity contribution in [3.8, 4) is 5.69 Å². The van der Waals surface area contributed by atoms with Crippen LogP contribution in [0.4, 0.5) is 13.2 Å². The molecule has 0 aliphatic heterocycles. The van der Waals surface area contributed by atoms with Gasteiger partial charge in [0.05, 0.1) is 11.3 Å². The Labute approximate surface area is 108 Å². The second-order valence-corrected chi connectivity index (χ2v) is 4.23. The van der Waals surface area contributed by atoms with Crippen molar-refractivity contribution in [3.05, 3.63) is 47.5 Å². The van der Waals surface area contributed by atoms with Gasteiger partial charge >= 0.3 is 6.18 Å². The molecule has 1 aromatic carbocycles. The average molecular weight is 269 g/mol. The summed E-state index contributed by atoms with van der Waals surface area (Å²) in [7, 11) is 0. The van der Waals surface area contributed by atoms with Crippen LogP contribution in [0.15, 0.2) is 30.5 Å². The summed E-state index contributed by atoms with van der Waals surface area (Å²) in [5.74, 6) is 0.725. The number of rotatable bonds is 3. The molecule has 0 radical (unpaired) electrons. The average Bonchev–Trinajstić information content (AvgIpc) is 2.70. The van der Waals surface area contributed by atoms with Crippen molar-refractivity contribution < 1.29 is 13.2 Å². The molecular weight excluding hydrogens is 255 g/mol. The number of nitrogens with two attached hydrogens (primary N) is 1. The zero-order valence-electron chi connectivity index (χ0n) is 10.4. The fraction of sp³-hybridized carbons (Fsp3) is 0.308. The van der Waals surface area contributed by atoms with E-state index in [1.165, 1.54) is 12.1 Å². The summed E-state index contributed by atoms with van der Waals surface area (Å²) in [5, 5.41) is 0. The maximum atomic E-state index is 12.5. The topological polar surface area (TPSA) is 43.8 Å². The summed E-state index contributed by atoms with van der Waals surface area (Å²) in [5.41, 5.74) is 6.28. The molecule has 6 heteroatoms. The minimum absolute atomic E-state index is 0.490. The summed E-state index contributed by atoms with van der Waals surface area (Å²) in [6.07, 6.45) is -1.87. The summed E-state index contributed by atoms with van der Waals surface area (Å²) in [6, 6.07) is 5.00. The first kappa shape index (κ1) is 13.6. The molecule has 0 aliphatic carbocycles. The highest BCUT2D eigenvalue weighted by molar-refractivity contribution is 5.37. The van der Waals surface area contributed by atoms with Crippen molar-refractivity contribution in [3.63, 3.8) is 0 Å². The van der Waals surface area contributed by atoms with E-state index in [1.54, 1.807) is 17.7 Å². The molecule has 2 rings (SSSR count). The largest absolute Gasteiger partial charge is 0.416 e. The fourth-order valence-electron chi connectivity index (χ4n) is 1.87. The Kier molecular flexibility index (Phi) is 3.61. The van der Waals surface area contributed by atoms with Gasteiger partial charge in [0, 0.05) is 18.3 Å². The number of benzene rings is 1. The third kappa shape index (κ3) is 2.96. The predicted octanol–water partition coefficient (Wildman–Crippen LogP) is 2.70. The summed E-state index contributed by atoms with van der Waals surface area (Å²) < 4.78 is 39.2. The molecule has 1 aromatic heterocycles. The Morgan fingerprint density at radius 1 is 1.21 bits per heavy atom. The van der Waals surface area contributed by atoms with Gasteiger partial charge in [0.2, 0.25) is 0 Å². The molecule has 0 atom stereocenters. The first-order valence-corrected chi connectivity index (χ1v) is 5.84. The van der Waals surface area contributed by atoms with Gasteiger partial charge in [-0.3, -0.25) is 0 Å². The molecule has 2 aromatic rings. The van der Waals surface area contributed by atoms with Crippen molar-refractivity contribution >= 4 is 0 Å². The molecule has 0 aliphatic rings. The molecule has 3 nitrogen and oxygen atoms in total. The second kappa shape index (κ2) is 5.05. The van der Waals surface area contributed by atoms with Crippen LogP contribution in [0.5, 0.6) is 0 Å². The Bertz CT molecular complexity index is 556. The number of hydrogen-bond donors (Lipinski definition) is 1. The maximum Gasteiger partial charge on any atom is 0.416 e. The molecule has 19 heavy (non-hydrogen) atoms. The van der Waals surface area contributed by atoms with E-state index < -0.39 is 11.7 Å². The van der Waals surface area contributed by atoms with Crippen LogP contribution in [0.25, 0.3) is 5.69 Å². The monoisotopic (exact) mass is 269 g/mol.